The number of aryl methyl sites for hydroxylation is 2. The largest absolute Gasteiger partial charge is 0.465 e. The average molecular weight is 647 g/mol. The molecule has 4 aromatic rings. The van der Waals surface area contributed by atoms with Crippen LogP contribution in [0, 0.1) is 6.92 Å². The van der Waals surface area contributed by atoms with Gasteiger partial charge in [-0.1, -0.05) is 48.5 Å². The van der Waals surface area contributed by atoms with Gasteiger partial charge in [0.25, 0.3) is 11.8 Å². The van der Waals surface area contributed by atoms with Crippen LogP contribution in [0.3, 0.4) is 0 Å². The number of methoxy groups -OCH3 is 1. The monoisotopic (exact) mass is 646 g/mol. The maximum Gasteiger partial charge on any atom is 0.417 e. The van der Waals surface area contributed by atoms with Crippen molar-refractivity contribution in [2.24, 2.45) is 0 Å². The number of carbonyl (C=O) groups excluding carboxylic acids is 4. The number of nitrogens with one attached hydrogen (secondary N) is 1. The van der Waals surface area contributed by atoms with Crippen LogP contribution in [0.5, 0.6) is 5.75 Å². The minimum absolute atomic E-state index is 0.0405. The van der Waals surface area contributed by atoms with Crippen LogP contribution < -0.4 is 10.1 Å². The van der Waals surface area contributed by atoms with Crippen LogP contribution in [0.2, 0.25) is 0 Å². The van der Waals surface area contributed by atoms with Gasteiger partial charge in [-0.25, -0.2) is 4.79 Å². The zero-order valence-corrected chi connectivity index (χ0v) is 26.2. The van der Waals surface area contributed by atoms with E-state index in [9.17, 15) is 32.3 Å². The fourth-order valence-corrected chi connectivity index (χ4v) is 4.97. The molecule has 0 aliphatic rings. The van der Waals surface area contributed by atoms with Gasteiger partial charge in [-0.3, -0.25) is 14.4 Å². The van der Waals surface area contributed by atoms with Crippen LogP contribution in [0.25, 0.3) is 11.1 Å². The molecule has 0 aromatic heterocycles. The zero-order chi connectivity index (χ0) is 34.3. The van der Waals surface area contributed by atoms with E-state index in [1.54, 1.807) is 55.5 Å². The molecule has 47 heavy (non-hydrogen) atoms. The van der Waals surface area contributed by atoms with Crippen LogP contribution in [-0.2, 0) is 22.1 Å². The minimum Gasteiger partial charge on any atom is -0.465 e. The van der Waals surface area contributed by atoms with Crippen LogP contribution in [0.1, 0.15) is 60.6 Å². The summed E-state index contributed by atoms with van der Waals surface area (Å²) >= 11 is 0. The number of amides is 2. The first-order valence-electron chi connectivity index (χ1n) is 14.6. The highest BCUT2D eigenvalue weighted by atomic mass is 19.4. The Kier molecular flexibility index (Phi) is 10.8. The second kappa shape index (κ2) is 14.8. The van der Waals surface area contributed by atoms with Gasteiger partial charge in [0.15, 0.2) is 0 Å². The standard InChI is InChI=1S/C36H33F3N2O6/c1-22-20-25(35(45)46-4)17-19-30(22)47-31(42)15-8-10-23-16-18-29(27(21-23)34(44)41(2)3)40-33(43)32-26(24-11-6-5-7-12-24)13-9-14-28(32)36(37,38)39/h5-7,9,11-14,16-21H,8,10,15H2,1-4H3,(H,40,43). The molecule has 0 saturated heterocycles. The first-order chi connectivity index (χ1) is 22.3. The highest BCUT2D eigenvalue weighted by Gasteiger charge is 2.37. The van der Waals surface area contributed by atoms with Gasteiger partial charge in [0.2, 0.25) is 0 Å². The molecule has 2 amide bonds. The normalized spacial score (nSPS) is 11.0. The van der Waals surface area contributed by atoms with Crippen molar-refractivity contribution in [1.29, 1.82) is 0 Å². The van der Waals surface area contributed by atoms with Crippen LogP contribution in [-0.4, -0.2) is 49.9 Å². The molecule has 11 heteroatoms. The van der Waals surface area contributed by atoms with Crippen LogP contribution in [0.15, 0.2) is 84.9 Å². The number of ether oxygens (including phenoxy) is 2. The fourth-order valence-electron chi connectivity index (χ4n) is 4.97. The summed E-state index contributed by atoms with van der Waals surface area (Å²) in [4.78, 5) is 52.3. The highest BCUT2D eigenvalue weighted by Crippen LogP contribution is 2.37. The number of halogens is 3. The summed E-state index contributed by atoms with van der Waals surface area (Å²) in [6, 6.07) is 21.0. The lowest BCUT2D eigenvalue weighted by Gasteiger charge is -2.19. The van der Waals surface area contributed by atoms with E-state index in [4.69, 9.17) is 9.47 Å². The summed E-state index contributed by atoms with van der Waals surface area (Å²) in [5, 5.41) is 2.54. The smallest absolute Gasteiger partial charge is 0.417 e. The molecule has 4 aromatic carbocycles. The summed E-state index contributed by atoms with van der Waals surface area (Å²) in [5.41, 5.74) is 0.553. The molecule has 0 heterocycles. The van der Waals surface area contributed by atoms with E-state index in [0.29, 0.717) is 40.8 Å². The number of esters is 2. The van der Waals surface area contributed by atoms with Crippen LogP contribution >= 0.6 is 0 Å². The van der Waals surface area contributed by atoms with E-state index < -0.39 is 41.1 Å². The number of nitrogens with zero attached hydrogens (tertiary/aromatic N) is 1. The molecular weight excluding hydrogens is 613 g/mol. The Hall–Kier alpha value is -5.45. The molecule has 0 bridgehead atoms. The van der Waals surface area contributed by atoms with Crippen LogP contribution in [0.4, 0.5) is 18.9 Å². The number of benzene rings is 4. The van der Waals surface area contributed by atoms with E-state index in [-0.39, 0.29) is 23.2 Å². The van der Waals surface area contributed by atoms with Gasteiger partial charge in [-0.05, 0) is 78.4 Å². The lowest BCUT2D eigenvalue weighted by atomic mass is 9.94. The van der Waals surface area contributed by atoms with Gasteiger partial charge in [-0.2, -0.15) is 13.2 Å². The number of alkyl halides is 3. The molecule has 0 atom stereocenters. The molecule has 0 aliphatic carbocycles. The number of rotatable bonds is 10. The summed E-state index contributed by atoms with van der Waals surface area (Å²) < 4.78 is 52.4. The summed E-state index contributed by atoms with van der Waals surface area (Å²) in [7, 11) is 4.31. The molecule has 0 saturated carbocycles. The molecule has 0 fully saturated rings. The Labute approximate surface area is 270 Å². The number of anilines is 1. The Balaban J connectivity index is 1.53. The van der Waals surface area contributed by atoms with Gasteiger partial charge in [-0.15, -0.1) is 0 Å². The lowest BCUT2D eigenvalue weighted by Crippen LogP contribution is -2.25. The number of hydrogen-bond acceptors (Lipinski definition) is 6. The topological polar surface area (TPSA) is 102 Å². The molecule has 0 aliphatic heterocycles. The van der Waals surface area contributed by atoms with E-state index in [1.165, 1.54) is 56.4 Å². The van der Waals surface area contributed by atoms with Crippen molar-refractivity contribution in [2.45, 2.75) is 32.4 Å². The molecule has 0 spiro atoms. The fraction of sp³-hybridized carbons (Fsp3) is 0.222. The van der Waals surface area contributed by atoms with Gasteiger partial charge in [0.05, 0.1) is 35.1 Å². The third-order valence-corrected chi connectivity index (χ3v) is 7.32. The number of carbonyl (C=O) groups is 4. The number of hydrogen-bond donors (Lipinski definition) is 1. The van der Waals surface area contributed by atoms with Gasteiger partial charge in [0, 0.05) is 20.5 Å². The van der Waals surface area contributed by atoms with Crippen molar-refractivity contribution in [1.82, 2.24) is 4.90 Å². The minimum atomic E-state index is -4.81. The van der Waals surface area contributed by atoms with Gasteiger partial charge in [0.1, 0.15) is 5.75 Å². The Morgan fingerprint density at radius 3 is 2.23 bits per heavy atom. The quantitative estimate of drug-likeness (QED) is 0.143. The van der Waals surface area contributed by atoms with Crippen molar-refractivity contribution in [3.05, 3.63) is 118 Å². The maximum absolute atomic E-state index is 14.1. The van der Waals surface area contributed by atoms with Crippen molar-refractivity contribution in [3.63, 3.8) is 0 Å². The van der Waals surface area contributed by atoms with E-state index >= 15 is 0 Å². The predicted octanol–water partition coefficient (Wildman–Crippen LogP) is 7.35. The molecular formula is C36H33F3N2O6. The second-order valence-corrected chi connectivity index (χ2v) is 10.9. The Morgan fingerprint density at radius 1 is 0.872 bits per heavy atom. The predicted molar refractivity (Wildman–Crippen MR) is 170 cm³/mol. The highest BCUT2D eigenvalue weighted by molar-refractivity contribution is 6.12. The first-order valence-corrected chi connectivity index (χ1v) is 14.6. The molecule has 244 valence electrons. The first kappa shape index (κ1) is 34.4. The van der Waals surface area contributed by atoms with Crippen molar-refractivity contribution in [2.75, 3.05) is 26.5 Å². The Morgan fingerprint density at radius 2 is 1.60 bits per heavy atom. The SMILES string of the molecule is COC(=O)c1ccc(OC(=O)CCCc2ccc(NC(=O)c3c(-c4ccccc4)cccc3C(F)(F)F)c(C(=O)N(C)C)c2)c(C)c1. The lowest BCUT2D eigenvalue weighted by molar-refractivity contribution is -0.138. The molecule has 0 radical (unpaired) electrons. The van der Waals surface area contributed by atoms with Crippen molar-refractivity contribution < 1.29 is 41.8 Å². The third kappa shape index (κ3) is 8.43. The van der Waals surface area contributed by atoms with E-state index in [0.717, 1.165) is 6.07 Å². The molecule has 8 nitrogen and oxygen atoms in total. The van der Waals surface area contributed by atoms with Gasteiger partial charge >= 0.3 is 18.1 Å². The van der Waals surface area contributed by atoms with E-state index in [1.807, 2.05) is 0 Å². The summed E-state index contributed by atoms with van der Waals surface area (Å²) in [5.74, 6) is -2.18. The van der Waals surface area contributed by atoms with Crippen molar-refractivity contribution >= 4 is 29.4 Å². The molecule has 4 rings (SSSR count). The average Bonchev–Trinajstić information content (AvgIpc) is 3.05. The van der Waals surface area contributed by atoms with Crippen molar-refractivity contribution in [3.8, 4) is 16.9 Å². The van der Waals surface area contributed by atoms with E-state index in [2.05, 4.69) is 5.32 Å². The second-order valence-electron chi connectivity index (χ2n) is 10.9. The molecule has 1 N–H and O–H groups in total. The molecule has 0 unspecified atom stereocenters. The maximum atomic E-state index is 14.1. The zero-order valence-electron chi connectivity index (χ0n) is 26.2. The Bertz CT molecular complexity index is 1800. The summed E-state index contributed by atoms with van der Waals surface area (Å²) in [6.45, 7) is 1.70. The third-order valence-electron chi connectivity index (χ3n) is 7.32. The summed E-state index contributed by atoms with van der Waals surface area (Å²) in [6.07, 6.45) is -4.04. The van der Waals surface area contributed by atoms with Gasteiger partial charge < -0.3 is 19.7 Å².